The van der Waals surface area contributed by atoms with Gasteiger partial charge in [0.25, 0.3) is 0 Å². The van der Waals surface area contributed by atoms with Gasteiger partial charge in [-0.25, -0.2) is 4.39 Å². The van der Waals surface area contributed by atoms with Crippen LogP contribution in [0.4, 0.5) is 4.39 Å². The van der Waals surface area contributed by atoms with E-state index in [1.807, 2.05) is 6.07 Å². The Kier molecular flexibility index (Phi) is 6.78. The van der Waals surface area contributed by atoms with Crippen LogP contribution >= 0.6 is 11.3 Å². The Morgan fingerprint density at radius 1 is 0.636 bits per heavy atom. The molecule has 1 heterocycles. The number of thiophene rings is 1. The third-order valence-corrected chi connectivity index (χ3v) is 7.70. The first-order chi connectivity index (χ1) is 16.2. The molecular weight excluding hydrogens is 427 g/mol. The maximum absolute atomic E-state index is 13.7. The van der Waals surface area contributed by atoms with Gasteiger partial charge in [-0.1, -0.05) is 64.0 Å². The summed E-state index contributed by atoms with van der Waals surface area (Å²) < 4.78 is 22.2. The van der Waals surface area contributed by atoms with Gasteiger partial charge < -0.3 is 4.74 Å². The number of unbranched alkanes of at least 4 members (excludes halogenated alkanes) is 7. The van der Waals surface area contributed by atoms with Gasteiger partial charge >= 0.3 is 0 Å². The molecule has 0 saturated carbocycles. The van der Waals surface area contributed by atoms with E-state index in [9.17, 15) is 4.39 Å². The normalized spacial score (nSPS) is 11.8. The van der Waals surface area contributed by atoms with Crippen LogP contribution in [0.5, 0.6) is 5.75 Å². The molecule has 5 rings (SSSR count). The van der Waals surface area contributed by atoms with Crippen molar-refractivity contribution in [2.75, 3.05) is 6.61 Å². The summed E-state index contributed by atoms with van der Waals surface area (Å²) in [6.45, 7) is 3.05. The second-order valence-electron chi connectivity index (χ2n) is 9.12. The fraction of sp³-hybridized carbons (Fsp3) is 0.333. The lowest BCUT2D eigenvalue weighted by molar-refractivity contribution is 0.304. The lowest BCUT2D eigenvalue weighted by atomic mass is 10.0. The van der Waals surface area contributed by atoms with Crippen LogP contribution in [-0.2, 0) is 0 Å². The lowest BCUT2D eigenvalue weighted by Crippen LogP contribution is -1.97. The molecule has 0 bridgehead atoms. The second-order valence-corrected chi connectivity index (χ2v) is 10.2. The molecule has 1 aromatic heterocycles. The summed E-state index contributed by atoms with van der Waals surface area (Å²) in [7, 11) is 0. The summed E-state index contributed by atoms with van der Waals surface area (Å²) in [5.41, 5.74) is 0. The highest BCUT2D eigenvalue weighted by atomic mass is 32.1. The molecule has 0 atom stereocenters. The zero-order chi connectivity index (χ0) is 22.6. The largest absolute Gasteiger partial charge is 0.494 e. The Bertz CT molecular complexity index is 1400. The molecular formula is C30H31FOS. The molecule has 0 saturated heterocycles. The fourth-order valence-corrected chi connectivity index (χ4v) is 5.89. The van der Waals surface area contributed by atoms with E-state index in [0.29, 0.717) is 0 Å². The fourth-order valence-electron chi connectivity index (χ4n) is 4.73. The first-order valence-electron chi connectivity index (χ1n) is 12.3. The predicted octanol–water partition coefficient (Wildman–Crippen LogP) is 10.0. The topological polar surface area (TPSA) is 9.23 Å². The molecule has 0 aliphatic carbocycles. The maximum Gasteiger partial charge on any atom is 0.123 e. The molecule has 0 amide bonds. The molecule has 0 radical (unpaired) electrons. The van der Waals surface area contributed by atoms with Crippen molar-refractivity contribution in [1.82, 2.24) is 0 Å². The standard InChI is InChI=1S/C30H31FOS/c1-2-3-4-5-6-7-8-9-14-32-26-13-11-22-18-28-27-17-21-10-12-25(31)15-23(21)19-29(27)33-30(28)20-24(22)16-26/h10-13,15-20H,2-9,14H2,1H3. The molecule has 4 aromatic carbocycles. The first kappa shape index (κ1) is 22.2. The Hall–Kier alpha value is -2.65. The Labute approximate surface area is 199 Å². The quantitative estimate of drug-likeness (QED) is 0.189. The Morgan fingerprint density at radius 3 is 1.94 bits per heavy atom. The highest BCUT2D eigenvalue weighted by Gasteiger charge is 2.09. The predicted molar refractivity (Wildman–Crippen MR) is 142 cm³/mol. The van der Waals surface area contributed by atoms with Crippen molar-refractivity contribution >= 4 is 53.1 Å². The Balaban J connectivity index is 1.29. The van der Waals surface area contributed by atoms with E-state index in [2.05, 4.69) is 49.4 Å². The molecule has 170 valence electrons. The van der Waals surface area contributed by atoms with E-state index in [1.165, 1.54) is 82.0 Å². The monoisotopic (exact) mass is 458 g/mol. The van der Waals surface area contributed by atoms with E-state index in [4.69, 9.17) is 4.74 Å². The highest BCUT2D eigenvalue weighted by Crippen LogP contribution is 2.39. The molecule has 1 nitrogen and oxygen atoms in total. The zero-order valence-electron chi connectivity index (χ0n) is 19.3. The number of halogens is 1. The summed E-state index contributed by atoms with van der Waals surface area (Å²) in [6, 6.07) is 20.3. The van der Waals surface area contributed by atoms with Gasteiger partial charge in [0.05, 0.1) is 6.61 Å². The van der Waals surface area contributed by atoms with Crippen LogP contribution in [0.2, 0.25) is 0 Å². The summed E-state index contributed by atoms with van der Waals surface area (Å²) in [5.74, 6) is 0.764. The van der Waals surface area contributed by atoms with Crippen LogP contribution in [0, 0.1) is 5.82 Å². The van der Waals surface area contributed by atoms with Gasteiger partial charge in [-0.15, -0.1) is 11.3 Å². The van der Waals surface area contributed by atoms with Gasteiger partial charge in [-0.3, -0.25) is 0 Å². The van der Waals surface area contributed by atoms with Crippen molar-refractivity contribution in [1.29, 1.82) is 0 Å². The van der Waals surface area contributed by atoms with E-state index in [0.717, 1.165) is 29.5 Å². The second kappa shape index (κ2) is 10.1. The van der Waals surface area contributed by atoms with Crippen molar-refractivity contribution < 1.29 is 9.13 Å². The molecule has 0 aliphatic heterocycles. The molecule has 0 N–H and O–H groups in total. The number of rotatable bonds is 10. The lowest BCUT2D eigenvalue weighted by Gasteiger charge is -2.08. The van der Waals surface area contributed by atoms with Gasteiger partial charge in [0.1, 0.15) is 11.6 Å². The minimum Gasteiger partial charge on any atom is -0.494 e. The molecule has 0 fully saturated rings. The van der Waals surface area contributed by atoms with Crippen LogP contribution in [0.25, 0.3) is 41.7 Å². The van der Waals surface area contributed by atoms with Gasteiger partial charge in [0.2, 0.25) is 0 Å². The summed E-state index contributed by atoms with van der Waals surface area (Å²) >= 11 is 1.77. The summed E-state index contributed by atoms with van der Waals surface area (Å²) in [6.07, 6.45) is 10.5. The van der Waals surface area contributed by atoms with Crippen LogP contribution in [0.15, 0.2) is 60.7 Å². The summed E-state index contributed by atoms with van der Waals surface area (Å²) in [4.78, 5) is 0. The van der Waals surface area contributed by atoms with Crippen molar-refractivity contribution in [2.45, 2.75) is 58.3 Å². The van der Waals surface area contributed by atoms with Gasteiger partial charge in [0, 0.05) is 20.2 Å². The van der Waals surface area contributed by atoms with Crippen molar-refractivity contribution in [3.8, 4) is 5.75 Å². The first-order valence-corrected chi connectivity index (χ1v) is 13.1. The minimum atomic E-state index is -0.187. The van der Waals surface area contributed by atoms with Crippen LogP contribution in [0.1, 0.15) is 58.3 Å². The minimum absolute atomic E-state index is 0.187. The van der Waals surface area contributed by atoms with E-state index in [-0.39, 0.29) is 5.82 Å². The van der Waals surface area contributed by atoms with Gasteiger partial charge in [0.15, 0.2) is 0 Å². The van der Waals surface area contributed by atoms with Crippen LogP contribution in [-0.4, -0.2) is 6.61 Å². The van der Waals surface area contributed by atoms with Crippen molar-refractivity contribution in [3.63, 3.8) is 0 Å². The molecule has 33 heavy (non-hydrogen) atoms. The molecule has 3 heteroatoms. The van der Waals surface area contributed by atoms with Crippen molar-refractivity contribution in [3.05, 3.63) is 66.5 Å². The molecule has 0 aliphatic rings. The molecule has 5 aromatic rings. The average Bonchev–Trinajstić information content (AvgIpc) is 3.16. The van der Waals surface area contributed by atoms with E-state index in [1.54, 1.807) is 17.4 Å². The average molecular weight is 459 g/mol. The SMILES string of the molecule is CCCCCCCCCCOc1ccc2cc3c(cc2c1)sc1cc2cc(F)ccc2cc13. The molecule has 0 spiro atoms. The number of hydrogen-bond donors (Lipinski definition) is 0. The zero-order valence-corrected chi connectivity index (χ0v) is 20.1. The highest BCUT2D eigenvalue weighted by molar-refractivity contribution is 7.26. The number of hydrogen-bond acceptors (Lipinski definition) is 2. The van der Waals surface area contributed by atoms with Gasteiger partial charge in [-0.05, 0) is 76.5 Å². The summed E-state index contributed by atoms with van der Waals surface area (Å²) in [5, 5.41) is 6.97. The maximum atomic E-state index is 13.7. The number of benzene rings is 4. The van der Waals surface area contributed by atoms with Crippen LogP contribution in [0.3, 0.4) is 0 Å². The Morgan fingerprint density at radius 2 is 1.24 bits per heavy atom. The van der Waals surface area contributed by atoms with E-state index < -0.39 is 0 Å². The third-order valence-electron chi connectivity index (χ3n) is 6.59. The number of ether oxygens (including phenoxy) is 1. The van der Waals surface area contributed by atoms with E-state index >= 15 is 0 Å². The number of fused-ring (bicyclic) bond motifs is 5. The van der Waals surface area contributed by atoms with Crippen LogP contribution < -0.4 is 4.74 Å². The smallest absolute Gasteiger partial charge is 0.123 e. The third kappa shape index (κ3) is 4.99. The molecule has 0 unspecified atom stereocenters. The van der Waals surface area contributed by atoms with Gasteiger partial charge in [-0.2, -0.15) is 0 Å². The van der Waals surface area contributed by atoms with Crippen molar-refractivity contribution in [2.24, 2.45) is 0 Å².